The van der Waals surface area contributed by atoms with Crippen LogP contribution in [0.3, 0.4) is 0 Å². The molecule has 0 saturated heterocycles. The van der Waals surface area contributed by atoms with E-state index in [1.807, 2.05) is 19.1 Å². The molecule has 3 aromatic carbocycles. The maximum atomic E-state index is 12.8. The number of fused-ring (bicyclic) bond motifs is 1. The average molecular weight is 373 g/mol. The molecule has 0 unspecified atom stereocenters. The van der Waals surface area contributed by atoms with Gasteiger partial charge in [-0.1, -0.05) is 17.7 Å². The Morgan fingerprint density at radius 2 is 1.50 bits per heavy atom. The Labute approximate surface area is 160 Å². The van der Waals surface area contributed by atoms with E-state index in [-0.39, 0.29) is 22.4 Å². The molecule has 6 nitrogen and oxygen atoms in total. The molecule has 0 spiro atoms. The van der Waals surface area contributed by atoms with Crippen molar-refractivity contribution in [2.24, 2.45) is 0 Å². The number of hydrogen-bond donors (Lipinski definition) is 1. The first-order valence-electron chi connectivity index (χ1n) is 8.55. The molecule has 0 aromatic heterocycles. The fourth-order valence-corrected chi connectivity index (χ4v) is 2.98. The number of nitrogens with zero attached hydrogens (tertiary/aromatic N) is 1. The number of phenols is 1. The number of benzene rings is 3. The SMILES string of the molecule is Cc1ccc(OC(=O)c2ccc3c(c2)C(=O)N(c2ccc(O)cc2)C3=O)cc1. The van der Waals surface area contributed by atoms with Gasteiger partial charge >= 0.3 is 5.97 Å². The summed E-state index contributed by atoms with van der Waals surface area (Å²) in [5.41, 5.74) is 1.90. The molecule has 0 bridgehead atoms. The van der Waals surface area contributed by atoms with Gasteiger partial charge in [-0.3, -0.25) is 9.59 Å². The van der Waals surface area contributed by atoms with Gasteiger partial charge in [0.1, 0.15) is 11.5 Å². The molecule has 0 aliphatic carbocycles. The summed E-state index contributed by atoms with van der Waals surface area (Å²) in [6.45, 7) is 1.93. The van der Waals surface area contributed by atoms with Crippen LogP contribution in [0.4, 0.5) is 5.69 Å². The molecular weight excluding hydrogens is 358 g/mol. The standard InChI is InChI=1S/C22H15NO5/c1-13-2-9-17(10-3-13)28-22(27)14-4-11-18-19(12-14)21(26)23(20(18)25)15-5-7-16(24)8-6-15/h2-12,24H,1H3. The van der Waals surface area contributed by atoms with Crippen molar-refractivity contribution in [3.63, 3.8) is 0 Å². The second-order valence-electron chi connectivity index (χ2n) is 6.43. The Balaban J connectivity index is 1.62. The molecule has 0 saturated carbocycles. The minimum atomic E-state index is -0.616. The van der Waals surface area contributed by atoms with Crippen molar-refractivity contribution in [1.29, 1.82) is 0 Å². The molecule has 1 aliphatic rings. The Kier molecular flexibility index (Phi) is 4.16. The summed E-state index contributed by atoms with van der Waals surface area (Å²) in [4.78, 5) is 38.8. The number of carbonyl (C=O) groups is 3. The smallest absolute Gasteiger partial charge is 0.343 e. The third-order valence-corrected chi connectivity index (χ3v) is 4.46. The Bertz CT molecular complexity index is 1100. The van der Waals surface area contributed by atoms with E-state index in [4.69, 9.17) is 4.74 Å². The van der Waals surface area contributed by atoms with Crippen molar-refractivity contribution >= 4 is 23.5 Å². The number of aryl methyl sites for hydroxylation is 1. The zero-order valence-corrected chi connectivity index (χ0v) is 14.9. The van der Waals surface area contributed by atoms with Crippen LogP contribution in [0.1, 0.15) is 36.6 Å². The van der Waals surface area contributed by atoms with Gasteiger partial charge in [0, 0.05) is 0 Å². The maximum Gasteiger partial charge on any atom is 0.343 e. The topological polar surface area (TPSA) is 83.9 Å². The summed E-state index contributed by atoms with van der Waals surface area (Å²) in [6.07, 6.45) is 0. The molecule has 3 aromatic rings. The van der Waals surface area contributed by atoms with Gasteiger partial charge in [-0.2, -0.15) is 0 Å². The fraction of sp³-hybridized carbons (Fsp3) is 0.0455. The van der Waals surface area contributed by atoms with Crippen molar-refractivity contribution in [3.05, 3.63) is 89.0 Å². The first-order chi connectivity index (χ1) is 13.4. The molecule has 4 rings (SSSR count). The van der Waals surface area contributed by atoms with Crippen LogP contribution in [-0.2, 0) is 0 Å². The lowest BCUT2D eigenvalue weighted by molar-refractivity contribution is 0.0734. The van der Waals surface area contributed by atoms with Gasteiger partial charge in [0.2, 0.25) is 0 Å². The Morgan fingerprint density at radius 3 is 2.18 bits per heavy atom. The van der Waals surface area contributed by atoms with E-state index in [1.54, 1.807) is 12.1 Å². The van der Waals surface area contributed by atoms with Crippen molar-refractivity contribution in [1.82, 2.24) is 0 Å². The van der Waals surface area contributed by atoms with Gasteiger partial charge in [0.15, 0.2) is 0 Å². The maximum absolute atomic E-state index is 12.8. The van der Waals surface area contributed by atoms with Gasteiger partial charge in [-0.05, 0) is 61.5 Å². The number of carbonyl (C=O) groups excluding carboxylic acids is 3. The van der Waals surface area contributed by atoms with Crippen LogP contribution < -0.4 is 9.64 Å². The van der Waals surface area contributed by atoms with E-state index in [0.717, 1.165) is 10.5 Å². The van der Waals surface area contributed by atoms with Crippen LogP contribution in [0.5, 0.6) is 11.5 Å². The first kappa shape index (κ1) is 17.5. The predicted octanol–water partition coefficient (Wildman–Crippen LogP) is 3.72. The minimum Gasteiger partial charge on any atom is -0.508 e. The highest BCUT2D eigenvalue weighted by molar-refractivity contribution is 6.34. The highest BCUT2D eigenvalue weighted by Gasteiger charge is 2.37. The Morgan fingerprint density at radius 1 is 0.857 bits per heavy atom. The average Bonchev–Trinajstić information content (AvgIpc) is 2.94. The van der Waals surface area contributed by atoms with Crippen molar-refractivity contribution in [2.45, 2.75) is 6.92 Å². The third-order valence-electron chi connectivity index (χ3n) is 4.46. The molecule has 2 amide bonds. The molecule has 1 N–H and O–H groups in total. The number of imide groups is 1. The van der Waals surface area contributed by atoms with Gasteiger partial charge in [0.05, 0.1) is 22.4 Å². The second kappa shape index (κ2) is 6.66. The van der Waals surface area contributed by atoms with Crippen LogP contribution in [0.25, 0.3) is 0 Å². The van der Waals surface area contributed by atoms with Crippen LogP contribution in [0.15, 0.2) is 66.7 Å². The quantitative estimate of drug-likeness (QED) is 0.430. The van der Waals surface area contributed by atoms with E-state index >= 15 is 0 Å². The van der Waals surface area contributed by atoms with Gasteiger partial charge in [0.25, 0.3) is 11.8 Å². The van der Waals surface area contributed by atoms with E-state index in [1.165, 1.54) is 42.5 Å². The summed E-state index contributed by atoms with van der Waals surface area (Å²) >= 11 is 0. The second-order valence-corrected chi connectivity index (χ2v) is 6.43. The summed E-state index contributed by atoms with van der Waals surface area (Å²) in [5.74, 6) is -1.21. The Hall–Kier alpha value is -3.93. The number of phenolic OH excluding ortho intramolecular Hbond substituents is 1. The third kappa shape index (κ3) is 3.01. The number of hydrogen-bond acceptors (Lipinski definition) is 5. The van der Waals surface area contributed by atoms with Gasteiger partial charge in [-0.15, -0.1) is 0 Å². The monoisotopic (exact) mass is 373 g/mol. The van der Waals surface area contributed by atoms with E-state index < -0.39 is 17.8 Å². The summed E-state index contributed by atoms with van der Waals surface area (Å²) in [6, 6.07) is 17.0. The van der Waals surface area contributed by atoms with Crippen molar-refractivity contribution in [2.75, 3.05) is 4.90 Å². The van der Waals surface area contributed by atoms with Gasteiger partial charge < -0.3 is 9.84 Å². The zero-order chi connectivity index (χ0) is 19.8. The number of anilines is 1. The van der Waals surface area contributed by atoms with E-state index in [0.29, 0.717) is 11.4 Å². The lowest BCUT2D eigenvalue weighted by Gasteiger charge is -2.13. The van der Waals surface area contributed by atoms with Crippen LogP contribution in [0, 0.1) is 6.92 Å². The lowest BCUT2D eigenvalue weighted by Crippen LogP contribution is -2.29. The van der Waals surface area contributed by atoms with Crippen molar-refractivity contribution < 1.29 is 24.2 Å². The zero-order valence-electron chi connectivity index (χ0n) is 14.9. The highest BCUT2D eigenvalue weighted by Crippen LogP contribution is 2.30. The molecule has 0 radical (unpaired) electrons. The number of amides is 2. The number of ether oxygens (including phenoxy) is 1. The van der Waals surface area contributed by atoms with Crippen LogP contribution >= 0.6 is 0 Å². The number of esters is 1. The molecule has 1 aliphatic heterocycles. The largest absolute Gasteiger partial charge is 0.508 e. The molecule has 0 fully saturated rings. The van der Waals surface area contributed by atoms with Gasteiger partial charge in [-0.25, -0.2) is 9.69 Å². The van der Waals surface area contributed by atoms with E-state index in [9.17, 15) is 19.5 Å². The molecule has 0 atom stereocenters. The predicted molar refractivity (Wildman–Crippen MR) is 102 cm³/mol. The molecule has 1 heterocycles. The minimum absolute atomic E-state index is 0.0292. The van der Waals surface area contributed by atoms with Crippen LogP contribution in [0.2, 0.25) is 0 Å². The molecule has 138 valence electrons. The molecular formula is C22H15NO5. The molecule has 6 heteroatoms. The fourth-order valence-electron chi connectivity index (χ4n) is 2.98. The summed E-state index contributed by atoms with van der Waals surface area (Å²) in [7, 11) is 0. The molecule has 28 heavy (non-hydrogen) atoms. The van der Waals surface area contributed by atoms with Crippen LogP contribution in [-0.4, -0.2) is 22.9 Å². The lowest BCUT2D eigenvalue weighted by atomic mass is 10.1. The summed E-state index contributed by atoms with van der Waals surface area (Å²) < 4.78 is 5.33. The number of rotatable bonds is 3. The first-order valence-corrected chi connectivity index (χ1v) is 8.55. The number of aromatic hydroxyl groups is 1. The highest BCUT2D eigenvalue weighted by atomic mass is 16.5. The summed E-state index contributed by atoms with van der Waals surface area (Å²) in [5, 5.41) is 9.40. The van der Waals surface area contributed by atoms with Crippen molar-refractivity contribution in [3.8, 4) is 11.5 Å². The van der Waals surface area contributed by atoms with E-state index in [2.05, 4.69) is 0 Å². The normalized spacial score (nSPS) is 12.8.